The molecule has 2 nitrogen and oxygen atoms in total. The quantitative estimate of drug-likeness (QED) is 0.552. The van der Waals surface area contributed by atoms with Gasteiger partial charge in [0.15, 0.2) is 5.43 Å². The molecule has 0 spiro atoms. The van der Waals surface area contributed by atoms with E-state index in [1.807, 2.05) is 13.0 Å². The lowest BCUT2D eigenvalue weighted by Crippen LogP contribution is -2.08. The second-order valence-corrected chi connectivity index (χ2v) is 8.11. The maximum atomic E-state index is 12.7. The number of fused-ring (bicyclic) bond motifs is 2. The fourth-order valence-electron chi connectivity index (χ4n) is 3.71. The van der Waals surface area contributed by atoms with Crippen LogP contribution in [0.1, 0.15) is 45.7 Å². The molecule has 4 rings (SSSR count). The highest BCUT2D eigenvalue weighted by Gasteiger charge is 2.25. The fourth-order valence-corrected chi connectivity index (χ4v) is 4.05. The van der Waals surface area contributed by atoms with Gasteiger partial charge in [0.25, 0.3) is 0 Å². The third-order valence-corrected chi connectivity index (χ3v) is 5.40. The summed E-state index contributed by atoms with van der Waals surface area (Å²) in [5.41, 5.74) is 5.63. The first kappa shape index (κ1) is 15.6. The Hall–Kier alpha value is -1.87. The van der Waals surface area contributed by atoms with Gasteiger partial charge in [0, 0.05) is 22.4 Å². The van der Waals surface area contributed by atoms with Crippen molar-refractivity contribution in [2.45, 2.75) is 37.4 Å². The normalized spacial score (nSPS) is 15.6. The molecule has 1 aliphatic carbocycles. The van der Waals surface area contributed by atoms with Crippen molar-refractivity contribution in [3.8, 4) is 0 Å². The summed E-state index contributed by atoms with van der Waals surface area (Å²) in [5.74, 6) is 1.06. The monoisotopic (exact) mass is 382 g/mol. The molecule has 0 saturated carbocycles. The van der Waals surface area contributed by atoms with Crippen LogP contribution in [0.15, 0.2) is 51.7 Å². The third-order valence-electron chi connectivity index (χ3n) is 4.90. The van der Waals surface area contributed by atoms with Crippen LogP contribution in [-0.4, -0.2) is 0 Å². The number of hydrogen-bond donors (Lipinski definition) is 0. The van der Waals surface area contributed by atoms with Gasteiger partial charge in [-0.05, 0) is 49.4 Å². The van der Waals surface area contributed by atoms with Gasteiger partial charge in [-0.15, -0.1) is 0 Å². The predicted molar refractivity (Wildman–Crippen MR) is 101 cm³/mol. The highest BCUT2D eigenvalue weighted by atomic mass is 79.9. The Bertz CT molecular complexity index is 960. The highest BCUT2D eigenvalue weighted by molar-refractivity contribution is 9.09. The lowest BCUT2D eigenvalue weighted by atomic mass is 10.00. The summed E-state index contributed by atoms with van der Waals surface area (Å²) in [4.78, 5) is 12.8. The number of alkyl halides is 1. The summed E-state index contributed by atoms with van der Waals surface area (Å²) < 4.78 is 6.28. The minimum Gasteiger partial charge on any atom is -0.460 e. The van der Waals surface area contributed by atoms with E-state index in [9.17, 15) is 4.79 Å². The lowest BCUT2D eigenvalue weighted by molar-refractivity contribution is 0.484. The molecule has 0 fully saturated rings. The molecule has 24 heavy (non-hydrogen) atoms. The zero-order valence-corrected chi connectivity index (χ0v) is 15.4. The molecule has 0 saturated heterocycles. The molecule has 1 unspecified atom stereocenters. The highest BCUT2D eigenvalue weighted by Crippen LogP contribution is 2.36. The van der Waals surface area contributed by atoms with Crippen LogP contribution in [0.25, 0.3) is 11.0 Å². The molecule has 1 atom stereocenters. The number of benzene rings is 2. The molecule has 122 valence electrons. The SMILES string of the molecule is Cc1cc(C(C)Br)c2oc(C3Cc4ccccc4C3)cc(=O)c2c1. The molecule has 3 heteroatoms. The first-order valence-corrected chi connectivity index (χ1v) is 9.23. The minimum absolute atomic E-state index is 0.0558. The fraction of sp³-hybridized carbons (Fsp3) is 0.286. The summed E-state index contributed by atoms with van der Waals surface area (Å²) in [6.45, 7) is 4.07. The molecule has 1 aliphatic rings. The third kappa shape index (κ3) is 2.61. The molecule has 1 heterocycles. The van der Waals surface area contributed by atoms with E-state index in [4.69, 9.17) is 4.42 Å². The van der Waals surface area contributed by atoms with Crippen molar-refractivity contribution in [2.24, 2.45) is 0 Å². The average molecular weight is 383 g/mol. The molecule has 0 amide bonds. The van der Waals surface area contributed by atoms with E-state index >= 15 is 0 Å². The average Bonchev–Trinajstić information content (AvgIpc) is 2.98. The topological polar surface area (TPSA) is 30.2 Å². The lowest BCUT2D eigenvalue weighted by Gasteiger charge is -2.13. The Balaban J connectivity index is 1.85. The van der Waals surface area contributed by atoms with Crippen LogP contribution in [0.5, 0.6) is 0 Å². The summed E-state index contributed by atoms with van der Waals surface area (Å²) in [6, 6.07) is 14.2. The maximum Gasteiger partial charge on any atom is 0.192 e. The van der Waals surface area contributed by atoms with E-state index in [1.54, 1.807) is 6.07 Å². The van der Waals surface area contributed by atoms with Crippen LogP contribution in [-0.2, 0) is 12.8 Å². The van der Waals surface area contributed by atoms with Gasteiger partial charge in [0.1, 0.15) is 11.3 Å². The van der Waals surface area contributed by atoms with E-state index in [0.717, 1.165) is 35.3 Å². The zero-order chi connectivity index (χ0) is 16.8. The molecular weight excluding hydrogens is 364 g/mol. The van der Waals surface area contributed by atoms with Crippen molar-refractivity contribution in [3.05, 3.63) is 80.7 Å². The minimum atomic E-state index is 0.0558. The van der Waals surface area contributed by atoms with Gasteiger partial charge in [0.2, 0.25) is 0 Å². The van der Waals surface area contributed by atoms with E-state index in [1.165, 1.54) is 11.1 Å². The second-order valence-electron chi connectivity index (χ2n) is 6.73. The zero-order valence-electron chi connectivity index (χ0n) is 13.8. The van der Waals surface area contributed by atoms with Crippen molar-refractivity contribution in [3.63, 3.8) is 0 Å². The summed E-state index contributed by atoms with van der Waals surface area (Å²) in [5, 5.41) is 0.676. The second kappa shape index (κ2) is 5.89. The maximum absolute atomic E-state index is 12.7. The Kier molecular flexibility index (Phi) is 3.84. The van der Waals surface area contributed by atoms with Gasteiger partial charge in [-0.3, -0.25) is 4.79 Å². The van der Waals surface area contributed by atoms with Gasteiger partial charge in [-0.1, -0.05) is 46.3 Å². The first-order chi connectivity index (χ1) is 11.5. The molecule has 0 N–H and O–H groups in total. The molecule has 0 bridgehead atoms. The van der Waals surface area contributed by atoms with E-state index in [-0.39, 0.29) is 16.2 Å². The van der Waals surface area contributed by atoms with Gasteiger partial charge in [-0.25, -0.2) is 0 Å². The molecule has 0 radical (unpaired) electrons. The first-order valence-electron chi connectivity index (χ1n) is 8.32. The van der Waals surface area contributed by atoms with Gasteiger partial charge < -0.3 is 4.42 Å². The van der Waals surface area contributed by atoms with Crippen LogP contribution >= 0.6 is 15.9 Å². The van der Waals surface area contributed by atoms with Gasteiger partial charge >= 0.3 is 0 Å². The predicted octanol–water partition coefficient (Wildman–Crippen LogP) is 5.44. The molecule has 0 aliphatic heterocycles. The van der Waals surface area contributed by atoms with Gasteiger partial charge in [-0.2, -0.15) is 0 Å². The van der Waals surface area contributed by atoms with Crippen molar-refractivity contribution in [2.75, 3.05) is 0 Å². The van der Waals surface area contributed by atoms with E-state index < -0.39 is 0 Å². The smallest absolute Gasteiger partial charge is 0.192 e. The van der Waals surface area contributed by atoms with Gasteiger partial charge in [0.05, 0.1) is 5.39 Å². The standard InChI is InChI=1S/C21H19BrO2/c1-12-7-17(13(2)22)21-18(8-12)19(23)11-20(24-21)16-9-14-5-3-4-6-15(14)10-16/h3-8,11,13,16H,9-10H2,1-2H3. The van der Waals surface area contributed by atoms with Crippen molar-refractivity contribution >= 4 is 26.9 Å². The number of halogens is 1. The van der Waals surface area contributed by atoms with Crippen molar-refractivity contribution in [1.82, 2.24) is 0 Å². The van der Waals surface area contributed by atoms with Crippen LogP contribution in [0.4, 0.5) is 0 Å². The van der Waals surface area contributed by atoms with Crippen molar-refractivity contribution in [1.29, 1.82) is 0 Å². The van der Waals surface area contributed by atoms with E-state index in [0.29, 0.717) is 5.39 Å². The van der Waals surface area contributed by atoms with Crippen LogP contribution in [0.3, 0.4) is 0 Å². The van der Waals surface area contributed by atoms with Crippen LogP contribution in [0.2, 0.25) is 0 Å². The largest absolute Gasteiger partial charge is 0.460 e. The molecule has 2 aromatic carbocycles. The summed E-state index contributed by atoms with van der Waals surface area (Å²) >= 11 is 3.63. The number of rotatable bonds is 2. The number of aryl methyl sites for hydroxylation is 1. The molecule has 3 aromatic rings. The Morgan fingerprint density at radius 3 is 2.42 bits per heavy atom. The van der Waals surface area contributed by atoms with E-state index in [2.05, 4.69) is 53.2 Å². The van der Waals surface area contributed by atoms with Crippen LogP contribution in [0, 0.1) is 6.92 Å². The Morgan fingerprint density at radius 1 is 1.12 bits per heavy atom. The molecular formula is C21H19BrO2. The summed E-state index contributed by atoms with van der Waals surface area (Å²) in [7, 11) is 0. The summed E-state index contributed by atoms with van der Waals surface area (Å²) in [6.07, 6.45) is 1.88. The Morgan fingerprint density at radius 2 is 1.79 bits per heavy atom. The van der Waals surface area contributed by atoms with Crippen LogP contribution < -0.4 is 5.43 Å². The number of hydrogen-bond acceptors (Lipinski definition) is 2. The Labute approximate surface area is 149 Å². The molecule has 1 aromatic heterocycles. The van der Waals surface area contributed by atoms with Crippen molar-refractivity contribution < 1.29 is 4.42 Å².